The van der Waals surface area contributed by atoms with E-state index >= 15 is 0 Å². The number of alkyl halides is 2. The van der Waals surface area contributed by atoms with Gasteiger partial charge in [0.15, 0.2) is 6.29 Å². The zero-order chi connectivity index (χ0) is 11.4. The molecule has 0 aromatic heterocycles. The minimum absolute atomic E-state index is 0.292. The molecule has 1 heterocycles. The molecule has 1 aliphatic heterocycles. The third kappa shape index (κ3) is 2.75. The molecule has 0 unspecified atom stereocenters. The maximum absolute atomic E-state index is 6.17. The van der Waals surface area contributed by atoms with Crippen LogP contribution in [0.5, 0.6) is 0 Å². The maximum atomic E-state index is 6.17. The highest BCUT2D eigenvalue weighted by Gasteiger charge is 2.45. The molecule has 1 saturated heterocycles. The summed E-state index contributed by atoms with van der Waals surface area (Å²) >= 11 is 11.9. The Morgan fingerprint density at radius 3 is 2.07 bits per heavy atom. The Balaban J connectivity index is 2.78. The predicted molar refractivity (Wildman–Crippen MR) is 57.6 cm³/mol. The van der Waals surface area contributed by atoms with E-state index in [0.717, 1.165) is 0 Å². The van der Waals surface area contributed by atoms with Crippen molar-refractivity contribution in [3.05, 3.63) is 0 Å². The molecule has 90 valence electrons. The lowest BCUT2D eigenvalue weighted by molar-refractivity contribution is -0.261. The predicted octanol–water partition coefficient (Wildman–Crippen LogP) is 1.23. The van der Waals surface area contributed by atoms with Crippen LogP contribution in [0.15, 0.2) is 0 Å². The number of ether oxygens (including phenoxy) is 4. The zero-order valence-corrected chi connectivity index (χ0v) is 10.5. The van der Waals surface area contributed by atoms with Gasteiger partial charge in [-0.3, -0.25) is 0 Å². The van der Waals surface area contributed by atoms with Crippen LogP contribution in [-0.2, 0) is 18.9 Å². The van der Waals surface area contributed by atoms with Crippen LogP contribution >= 0.6 is 23.2 Å². The Morgan fingerprint density at radius 2 is 1.67 bits per heavy atom. The number of halogens is 2. The second-order valence-corrected chi connectivity index (χ2v) is 4.09. The molecule has 5 atom stereocenters. The lowest BCUT2D eigenvalue weighted by atomic mass is 10.0. The van der Waals surface area contributed by atoms with E-state index in [1.165, 1.54) is 0 Å². The van der Waals surface area contributed by atoms with Crippen molar-refractivity contribution in [2.75, 3.05) is 27.2 Å². The molecule has 0 saturated carbocycles. The molecule has 15 heavy (non-hydrogen) atoms. The fraction of sp³-hybridized carbons (Fsp3) is 1.00. The van der Waals surface area contributed by atoms with Gasteiger partial charge in [-0.2, -0.15) is 0 Å². The van der Waals surface area contributed by atoms with E-state index < -0.39 is 6.29 Å². The van der Waals surface area contributed by atoms with Crippen molar-refractivity contribution in [3.63, 3.8) is 0 Å². The summed E-state index contributed by atoms with van der Waals surface area (Å²) in [5.41, 5.74) is 0. The van der Waals surface area contributed by atoms with E-state index in [0.29, 0.717) is 5.88 Å². The van der Waals surface area contributed by atoms with Crippen LogP contribution in [0.4, 0.5) is 0 Å². The second-order valence-electron chi connectivity index (χ2n) is 3.28. The molecular weight excluding hydrogens is 243 g/mol. The first-order chi connectivity index (χ1) is 7.19. The quantitative estimate of drug-likeness (QED) is 0.712. The standard InChI is InChI=1S/C9H16Cl2O4/c1-12-7-6(11)5(4-10)15-9(14-3)8(7)13-2/h5-9H,4H2,1-3H3/t5-,6+,7-,8+,9-/m1/s1. The van der Waals surface area contributed by atoms with Crippen molar-refractivity contribution in [2.45, 2.75) is 30.0 Å². The number of hydrogen-bond acceptors (Lipinski definition) is 4. The van der Waals surface area contributed by atoms with Gasteiger partial charge in [0.1, 0.15) is 12.2 Å². The van der Waals surface area contributed by atoms with E-state index in [1.54, 1.807) is 21.3 Å². The summed E-state index contributed by atoms with van der Waals surface area (Å²) < 4.78 is 21.3. The van der Waals surface area contributed by atoms with Crippen molar-refractivity contribution in [1.82, 2.24) is 0 Å². The van der Waals surface area contributed by atoms with Crippen LogP contribution in [0.3, 0.4) is 0 Å². The summed E-state index contributed by atoms with van der Waals surface area (Å²) in [5.74, 6) is 0.296. The highest BCUT2D eigenvalue weighted by molar-refractivity contribution is 6.23. The minimum Gasteiger partial charge on any atom is -0.377 e. The van der Waals surface area contributed by atoms with Gasteiger partial charge in [0, 0.05) is 21.3 Å². The number of methoxy groups -OCH3 is 3. The third-order valence-electron chi connectivity index (χ3n) is 2.50. The Kier molecular flexibility index (Phi) is 5.60. The average Bonchev–Trinajstić information content (AvgIpc) is 2.28. The van der Waals surface area contributed by atoms with Gasteiger partial charge in [0.05, 0.1) is 17.4 Å². The molecule has 0 N–H and O–H groups in total. The molecule has 0 spiro atoms. The van der Waals surface area contributed by atoms with Crippen molar-refractivity contribution >= 4 is 23.2 Å². The Hall–Kier alpha value is 0.420. The van der Waals surface area contributed by atoms with Crippen molar-refractivity contribution < 1.29 is 18.9 Å². The molecule has 1 aliphatic rings. The summed E-state index contributed by atoms with van der Waals surface area (Å²) in [6.45, 7) is 0. The maximum Gasteiger partial charge on any atom is 0.186 e. The zero-order valence-electron chi connectivity index (χ0n) is 8.98. The van der Waals surface area contributed by atoms with E-state index in [1.807, 2.05) is 0 Å². The van der Waals surface area contributed by atoms with Crippen molar-refractivity contribution in [2.24, 2.45) is 0 Å². The molecule has 0 radical (unpaired) electrons. The minimum atomic E-state index is -0.501. The van der Waals surface area contributed by atoms with Gasteiger partial charge in [-0.15, -0.1) is 23.2 Å². The van der Waals surface area contributed by atoms with Crippen LogP contribution in [-0.4, -0.2) is 57.2 Å². The highest BCUT2D eigenvalue weighted by Crippen LogP contribution is 2.29. The third-order valence-corrected chi connectivity index (χ3v) is 3.33. The van der Waals surface area contributed by atoms with Gasteiger partial charge in [0.2, 0.25) is 0 Å². The first-order valence-electron chi connectivity index (χ1n) is 4.63. The largest absolute Gasteiger partial charge is 0.377 e. The molecule has 1 rings (SSSR count). The summed E-state index contributed by atoms with van der Waals surface area (Å²) in [4.78, 5) is 0. The number of hydrogen-bond donors (Lipinski definition) is 0. The fourth-order valence-corrected chi connectivity index (χ4v) is 2.44. The van der Waals surface area contributed by atoms with Crippen molar-refractivity contribution in [1.29, 1.82) is 0 Å². The Labute approximate surface area is 99.7 Å². The first kappa shape index (κ1) is 13.5. The molecule has 1 fully saturated rings. The van der Waals surface area contributed by atoms with E-state index in [-0.39, 0.29) is 23.7 Å². The summed E-state index contributed by atoms with van der Waals surface area (Å²) in [5, 5.41) is -0.344. The normalized spacial score (nSPS) is 41.8. The van der Waals surface area contributed by atoms with Crippen LogP contribution in [0.1, 0.15) is 0 Å². The van der Waals surface area contributed by atoms with Crippen molar-refractivity contribution in [3.8, 4) is 0 Å². The van der Waals surface area contributed by atoms with E-state index in [4.69, 9.17) is 42.1 Å². The average molecular weight is 259 g/mol. The second kappa shape index (κ2) is 6.23. The first-order valence-corrected chi connectivity index (χ1v) is 5.60. The Morgan fingerprint density at radius 1 is 1.07 bits per heavy atom. The van der Waals surface area contributed by atoms with Gasteiger partial charge in [-0.05, 0) is 0 Å². The van der Waals surface area contributed by atoms with Crippen LogP contribution in [0.2, 0.25) is 0 Å². The molecule has 4 nitrogen and oxygen atoms in total. The molecule has 6 heteroatoms. The molecule has 0 aliphatic carbocycles. The highest BCUT2D eigenvalue weighted by atomic mass is 35.5. The van der Waals surface area contributed by atoms with Gasteiger partial charge >= 0.3 is 0 Å². The van der Waals surface area contributed by atoms with Gasteiger partial charge in [0.25, 0.3) is 0 Å². The van der Waals surface area contributed by atoms with Crippen LogP contribution in [0, 0.1) is 0 Å². The lowest BCUT2D eigenvalue weighted by Crippen LogP contribution is -2.57. The van der Waals surface area contributed by atoms with E-state index in [9.17, 15) is 0 Å². The van der Waals surface area contributed by atoms with Crippen LogP contribution in [0.25, 0.3) is 0 Å². The monoisotopic (exact) mass is 258 g/mol. The SMILES string of the molecule is CO[C@@H]1O[C@H](CCl)[C@H](Cl)[C@@H](OC)[C@@H]1OC. The molecule has 0 aromatic rings. The molecular formula is C9H16Cl2O4. The lowest BCUT2D eigenvalue weighted by Gasteiger charge is -2.42. The van der Waals surface area contributed by atoms with E-state index in [2.05, 4.69) is 0 Å². The fourth-order valence-electron chi connectivity index (χ4n) is 1.69. The molecule has 0 bridgehead atoms. The van der Waals surface area contributed by atoms with Crippen LogP contribution < -0.4 is 0 Å². The van der Waals surface area contributed by atoms with Gasteiger partial charge in [-0.1, -0.05) is 0 Å². The molecule has 0 amide bonds. The summed E-state index contributed by atoms with van der Waals surface area (Å²) in [6.07, 6.45) is -1.44. The summed E-state index contributed by atoms with van der Waals surface area (Å²) in [6, 6.07) is 0. The topological polar surface area (TPSA) is 36.9 Å². The molecule has 0 aromatic carbocycles. The van der Waals surface area contributed by atoms with Gasteiger partial charge < -0.3 is 18.9 Å². The smallest absolute Gasteiger partial charge is 0.186 e. The summed E-state index contributed by atoms with van der Waals surface area (Å²) in [7, 11) is 4.69. The van der Waals surface area contributed by atoms with Gasteiger partial charge in [-0.25, -0.2) is 0 Å². The number of rotatable bonds is 4. The Bertz CT molecular complexity index is 193.